The third-order valence-electron chi connectivity index (χ3n) is 2.40. The second-order valence-corrected chi connectivity index (χ2v) is 3.94. The first-order valence-electron chi connectivity index (χ1n) is 4.27. The first-order chi connectivity index (χ1) is 5.18. The monoisotopic (exact) mass is 155 g/mol. The lowest BCUT2D eigenvalue weighted by atomic mass is 10.0. The van der Waals surface area contributed by atoms with Crippen molar-refractivity contribution >= 4 is 6.29 Å². The quantitative estimate of drug-likeness (QED) is 0.558. The van der Waals surface area contributed by atoms with Gasteiger partial charge in [0.1, 0.15) is 6.29 Å². The molecule has 1 aliphatic rings. The summed E-state index contributed by atoms with van der Waals surface area (Å²) in [6, 6.07) is 0. The van der Waals surface area contributed by atoms with E-state index in [1.165, 1.54) is 12.8 Å². The zero-order chi connectivity index (χ0) is 8.32. The van der Waals surface area contributed by atoms with Crippen LogP contribution in [0.3, 0.4) is 0 Å². The molecule has 0 bridgehead atoms. The van der Waals surface area contributed by atoms with Crippen LogP contribution in [0.4, 0.5) is 0 Å². The molecule has 2 nitrogen and oxygen atoms in total. The molecule has 0 atom stereocenters. The van der Waals surface area contributed by atoms with Gasteiger partial charge in [0.05, 0.1) is 0 Å². The van der Waals surface area contributed by atoms with Gasteiger partial charge >= 0.3 is 0 Å². The molecule has 0 aromatic rings. The minimum absolute atomic E-state index is 0.518. The Morgan fingerprint density at radius 3 is 2.45 bits per heavy atom. The average molecular weight is 155 g/mol. The highest BCUT2D eigenvalue weighted by Gasteiger charge is 2.41. The van der Waals surface area contributed by atoms with E-state index in [1.54, 1.807) is 0 Å². The molecule has 0 aromatic heterocycles. The topological polar surface area (TPSA) is 20.3 Å². The normalized spacial score (nSPS) is 20.3. The predicted octanol–water partition coefficient (Wildman–Crippen LogP) is 1.31. The maximum absolute atomic E-state index is 10.2. The van der Waals surface area contributed by atoms with E-state index >= 15 is 0 Å². The van der Waals surface area contributed by atoms with Crippen molar-refractivity contribution in [1.29, 1.82) is 0 Å². The predicted molar refractivity (Wildman–Crippen MR) is 45.5 cm³/mol. The Hall–Kier alpha value is -0.370. The van der Waals surface area contributed by atoms with E-state index in [1.807, 2.05) is 0 Å². The molecule has 0 radical (unpaired) electrons. The first-order valence-corrected chi connectivity index (χ1v) is 4.27. The molecule has 2 heteroatoms. The molecule has 0 saturated heterocycles. The van der Waals surface area contributed by atoms with E-state index in [9.17, 15) is 4.79 Å². The fraction of sp³-hybridized carbons (Fsp3) is 0.889. The van der Waals surface area contributed by atoms with Crippen molar-refractivity contribution in [3.63, 3.8) is 0 Å². The fourth-order valence-corrected chi connectivity index (χ4v) is 1.70. The van der Waals surface area contributed by atoms with Crippen LogP contribution in [0.25, 0.3) is 0 Å². The van der Waals surface area contributed by atoms with Crippen LogP contribution in [0.15, 0.2) is 0 Å². The molecule has 1 saturated carbocycles. The molecular weight excluding hydrogens is 138 g/mol. The number of nitrogens with zero attached hydrogens (tertiary/aromatic N) is 1. The molecular formula is C9H17NO. The van der Waals surface area contributed by atoms with Crippen molar-refractivity contribution in [3.05, 3.63) is 0 Å². The van der Waals surface area contributed by atoms with Gasteiger partial charge in [0.2, 0.25) is 0 Å². The van der Waals surface area contributed by atoms with Crippen molar-refractivity contribution in [1.82, 2.24) is 4.90 Å². The number of hydrogen-bond donors (Lipinski definition) is 0. The van der Waals surface area contributed by atoms with Crippen molar-refractivity contribution < 1.29 is 4.79 Å². The van der Waals surface area contributed by atoms with Crippen molar-refractivity contribution in [2.75, 3.05) is 20.6 Å². The Bertz CT molecular complexity index is 138. The zero-order valence-electron chi connectivity index (χ0n) is 7.47. The van der Waals surface area contributed by atoms with Crippen molar-refractivity contribution in [2.24, 2.45) is 5.41 Å². The summed E-state index contributed by atoms with van der Waals surface area (Å²) >= 11 is 0. The van der Waals surface area contributed by atoms with Crippen LogP contribution in [0, 0.1) is 5.41 Å². The third-order valence-corrected chi connectivity index (χ3v) is 2.40. The van der Waals surface area contributed by atoms with Gasteiger partial charge in [0.15, 0.2) is 0 Å². The third kappa shape index (κ3) is 2.62. The van der Waals surface area contributed by atoms with Gasteiger partial charge in [-0.15, -0.1) is 0 Å². The lowest BCUT2D eigenvalue weighted by molar-refractivity contribution is -0.108. The van der Waals surface area contributed by atoms with Crippen LogP contribution in [0.1, 0.15) is 25.7 Å². The van der Waals surface area contributed by atoms with E-state index in [4.69, 9.17) is 0 Å². The number of rotatable bonds is 5. The highest BCUT2D eigenvalue weighted by atomic mass is 16.1. The van der Waals surface area contributed by atoms with Crippen LogP contribution in [0.2, 0.25) is 0 Å². The number of hydrogen-bond acceptors (Lipinski definition) is 2. The van der Waals surface area contributed by atoms with Crippen LogP contribution >= 0.6 is 0 Å². The maximum Gasteiger partial charge on any atom is 0.120 e. The molecule has 1 aliphatic carbocycles. The molecule has 0 unspecified atom stereocenters. The van der Waals surface area contributed by atoms with Gasteiger partial charge in [-0.2, -0.15) is 0 Å². The van der Waals surface area contributed by atoms with Crippen LogP contribution in [0.5, 0.6) is 0 Å². The number of carbonyl (C=O) groups is 1. The van der Waals surface area contributed by atoms with Gasteiger partial charge in [-0.1, -0.05) is 0 Å². The Morgan fingerprint density at radius 1 is 1.45 bits per heavy atom. The zero-order valence-corrected chi connectivity index (χ0v) is 7.47. The molecule has 0 amide bonds. The summed E-state index contributed by atoms with van der Waals surface area (Å²) in [7, 11) is 4.20. The summed E-state index contributed by atoms with van der Waals surface area (Å²) in [4.78, 5) is 12.4. The molecule has 64 valence electrons. The lowest BCUT2D eigenvalue weighted by Gasteiger charge is -2.18. The first kappa shape index (κ1) is 8.72. The van der Waals surface area contributed by atoms with E-state index in [-0.39, 0.29) is 0 Å². The molecule has 0 heterocycles. The number of carbonyl (C=O) groups excluding carboxylic acids is 1. The molecule has 0 aliphatic heterocycles. The van der Waals surface area contributed by atoms with Crippen LogP contribution < -0.4 is 0 Å². The summed E-state index contributed by atoms with van der Waals surface area (Å²) in [6.45, 7) is 1.15. The van der Waals surface area contributed by atoms with Crippen molar-refractivity contribution in [3.8, 4) is 0 Å². The van der Waals surface area contributed by atoms with E-state index < -0.39 is 0 Å². The largest absolute Gasteiger partial charge is 0.309 e. The fourth-order valence-electron chi connectivity index (χ4n) is 1.70. The minimum Gasteiger partial charge on any atom is -0.309 e. The second kappa shape index (κ2) is 3.35. The van der Waals surface area contributed by atoms with E-state index in [0.717, 1.165) is 25.7 Å². The van der Waals surface area contributed by atoms with Gasteiger partial charge in [-0.05, 0) is 38.8 Å². The van der Waals surface area contributed by atoms with Crippen LogP contribution in [-0.2, 0) is 4.79 Å². The maximum atomic E-state index is 10.2. The minimum atomic E-state index is 0.518. The van der Waals surface area contributed by atoms with Gasteiger partial charge < -0.3 is 9.69 Å². The Kier molecular flexibility index (Phi) is 2.66. The summed E-state index contributed by atoms with van der Waals surface area (Å²) in [5, 5.41) is 0. The smallest absolute Gasteiger partial charge is 0.120 e. The summed E-state index contributed by atoms with van der Waals surface area (Å²) in [5.41, 5.74) is 0.518. The number of aldehydes is 1. The molecule has 1 fully saturated rings. The summed E-state index contributed by atoms with van der Waals surface area (Å²) in [6.07, 6.45) is 5.51. The molecule has 0 aromatic carbocycles. The van der Waals surface area contributed by atoms with E-state index in [2.05, 4.69) is 19.0 Å². The van der Waals surface area contributed by atoms with Gasteiger partial charge in [-0.25, -0.2) is 0 Å². The SMILES string of the molecule is CN(C)CC1(CCC=O)CC1. The molecule has 11 heavy (non-hydrogen) atoms. The molecule has 1 rings (SSSR count). The Morgan fingerprint density at radius 2 is 2.09 bits per heavy atom. The van der Waals surface area contributed by atoms with Crippen LogP contribution in [-0.4, -0.2) is 31.8 Å². The van der Waals surface area contributed by atoms with Gasteiger partial charge in [-0.3, -0.25) is 0 Å². The second-order valence-electron chi connectivity index (χ2n) is 3.94. The van der Waals surface area contributed by atoms with Crippen molar-refractivity contribution in [2.45, 2.75) is 25.7 Å². The van der Waals surface area contributed by atoms with Gasteiger partial charge in [0, 0.05) is 13.0 Å². The highest BCUT2D eigenvalue weighted by molar-refractivity contribution is 5.49. The standard InChI is InChI=1S/C9H17NO/c1-10(2)8-9(5-6-9)4-3-7-11/h7H,3-6,8H2,1-2H3. The average Bonchev–Trinajstić information content (AvgIpc) is 2.64. The van der Waals surface area contributed by atoms with E-state index in [0.29, 0.717) is 5.41 Å². The summed E-state index contributed by atoms with van der Waals surface area (Å²) in [5.74, 6) is 0. The Labute approximate surface area is 68.6 Å². The lowest BCUT2D eigenvalue weighted by Crippen LogP contribution is -2.22. The molecule has 0 N–H and O–H groups in total. The summed E-state index contributed by atoms with van der Waals surface area (Å²) < 4.78 is 0. The highest BCUT2D eigenvalue weighted by Crippen LogP contribution is 2.49. The molecule has 0 spiro atoms. The Balaban J connectivity index is 2.23. The van der Waals surface area contributed by atoms with Gasteiger partial charge in [0.25, 0.3) is 0 Å².